The van der Waals surface area contributed by atoms with E-state index in [0.717, 1.165) is 28.0 Å². The van der Waals surface area contributed by atoms with Gasteiger partial charge in [-0.1, -0.05) is 11.6 Å². The second-order valence-corrected chi connectivity index (χ2v) is 6.77. The molecule has 0 saturated carbocycles. The first-order valence-corrected chi connectivity index (χ1v) is 9.15. The van der Waals surface area contributed by atoms with Crippen molar-refractivity contribution in [2.75, 3.05) is 5.32 Å². The number of ether oxygens (including phenoxy) is 1. The smallest absolute Gasteiger partial charge is 0.158 e. The molecule has 0 aliphatic heterocycles. The molecule has 0 unspecified atom stereocenters. The lowest BCUT2D eigenvalue weighted by atomic mass is 10.2. The summed E-state index contributed by atoms with van der Waals surface area (Å²) < 4.78 is 7.70. The maximum Gasteiger partial charge on any atom is 0.158 e. The van der Waals surface area contributed by atoms with Gasteiger partial charge in [-0.3, -0.25) is 0 Å². The predicted octanol–water partition coefficient (Wildman–Crippen LogP) is 4.57. The van der Waals surface area contributed by atoms with Crippen molar-refractivity contribution in [1.82, 2.24) is 29.5 Å². The van der Waals surface area contributed by atoms with E-state index >= 15 is 0 Å². The van der Waals surface area contributed by atoms with Crippen LogP contribution in [0.2, 0.25) is 5.15 Å². The molecule has 4 aromatic heterocycles. The summed E-state index contributed by atoms with van der Waals surface area (Å²) in [5.41, 5.74) is 3.28. The minimum atomic E-state index is 0.389. The lowest BCUT2D eigenvalue weighted by molar-refractivity contribution is 0.478. The van der Waals surface area contributed by atoms with Crippen LogP contribution in [0.15, 0.2) is 61.4 Å². The molecule has 5 aromatic rings. The van der Waals surface area contributed by atoms with Gasteiger partial charge in [0.15, 0.2) is 5.65 Å². The van der Waals surface area contributed by atoms with E-state index in [1.54, 1.807) is 16.8 Å². The molecule has 0 atom stereocenters. The van der Waals surface area contributed by atoms with Crippen molar-refractivity contribution in [3.8, 4) is 11.5 Å². The maximum atomic E-state index is 6.02. The van der Waals surface area contributed by atoms with Crippen molar-refractivity contribution in [3.05, 3.63) is 72.2 Å². The van der Waals surface area contributed by atoms with Gasteiger partial charge < -0.3 is 10.1 Å². The molecule has 0 aliphatic carbocycles. The van der Waals surface area contributed by atoms with Gasteiger partial charge in [-0.05, 0) is 42.8 Å². The van der Waals surface area contributed by atoms with Crippen LogP contribution in [-0.2, 0) is 0 Å². The van der Waals surface area contributed by atoms with Crippen LogP contribution in [0.3, 0.4) is 0 Å². The van der Waals surface area contributed by atoms with Gasteiger partial charge in [-0.2, -0.15) is 5.10 Å². The number of aromatic nitrogens is 6. The second kappa shape index (κ2) is 6.99. The highest BCUT2D eigenvalue weighted by Crippen LogP contribution is 2.30. The third-order valence-electron chi connectivity index (χ3n) is 4.41. The third kappa shape index (κ3) is 3.41. The zero-order chi connectivity index (χ0) is 19.8. The largest absolute Gasteiger partial charge is 0.457 e. The molecule has 0 radical (unpaired) electrons. The average Bonchev–Trinajstić information content (AvgIpc) is 3.18. The summed E-state index contributed by atoms with van der Waals surface area (Å²) in [6, 6.07) is 11.2. The van der Waals surface area contributed by atoms with Gasteiger partial charge in [0.05, 0.1) is 11.7 Å². The molecule has 4 heterocycles. The molecule has 8 nitrogen and oxygen atoms in total. The minimum absolute atomic E-state index is 0.389. The molecule has 5 rings (SSSR count). The number of nitrogens with one attached hydrogen (secondary N) is 1. The molecule has 142 valence electrons. The number of benzene rings is 1. The molecular formula is C20H14ClN7O. The van der Waals surface area contributed by atoms with Crippen molar-refractivity contribution in [3.63, 3.8) is 0 Å². The topological polar surface area (TPSA) is 90.1 Å². The van der Waals surface area contributed by atoms with Crippen molar-refractivity contribution < 1.29 is 4.74 Å². The van der Waals surface area contributed by atoms with Crippen LogP contribution in [0.1, 0.15) is 5.56 Å². The van der Waals surface area contributed by atoms with E-state index < -0.39 is 0 Å². The summed E-state index contributed by atoms with van der Waals surface area (Å²) in [7, 11) is 0. The van der Waals surface area contributed by atoms with Crippen molar-refractivity contribution >= 4 is 39.7 Å². The van der Waals surface area contributed by atoms with Gasteiger partial charge in [0, 0.05) is 23.3 Å². The van der Waals surface area contributed by atoms with E-state index in [0.29, 0.717) is 22.2 Å². The molecule has 1 aromatic carbocycles. The molecule has 0 amide bonds. The highest BCUT2D eigenvalue weighted by molar-refractivity contribution is 6.30. The zero-order valence-electron chi connectivity index (χ0n) is 15.2. The highest BCUT2D eigenvalue weighted by Gasteiger charge is 2.08. The molecular weight excluding hydrogens is 390 g/mol. The van der Waals surface area contributed by atoms with Crippen molar-refractivity contribution in [1.29, 1.82) is 0 Å². The quantitative estimate of drug-likeness (QED) is 0.439. The number of nitrogens with zero attached hydrogens (tertiary/aromatic N) is 6. The van der Waals surface area contributed by atoms with Gasteiger partial charge in [0.1, 0.15) is 35.1 Å². The zero-order valence-corrected chi connectivity index (χ0v) is 16.0. The van der Waals surface area contributed by atoms with Crippen molar-refractivity contribution in [2.24, 2.45) is 0 Å². The summed E-state index contributed by atoms with van der Waals surface area (Å²) in [5, 5.41) is 8.58. The van der Waals surface area contributed by atoms with Gasteiger partial charge in [0.25, 0.3) is 0 Å². The normalized spacial score (nSPS) is 11.1. The first kappa shape index (κ1) is 17.3. The number of hydrogen-bond acceptors (Lipinski definition) is 7. The lowest BCUT2D eigenvalue weighted by Gasteiger charge is -2.12. The maximum absolute atomic E-state index is 6.02. The molecule has 29 heavy (non-hydrogen) atoms. The Morgan fingerprint density at radius 3 is 2.83 bits per heavy atom. The Kier molecular flexibility index (Phi) is 4.18. The number of hydrogen-bond donors (Lipinski definition) is 1. The second-order valence-electron chi connectivity index (χ2n) is 6.38. The van der Waals surface area contributed by atoms with Gasteiger partial charge in [-0.25, -0.2) is 24.5 Å². The van der Waals surface area contributed by atoms with E-state index in [1.807, 2.05) is 43.5 Å². The first-order valence-electron chi connectivity index (χ1n) is 8.77. The molecule has 0 spiro atoms. The monoisotopic (exact) mass is 403 g/mol. The summed E-state index contributed by atoms with van der Waals surface area (Å²) in [6.45, 7) is 1.98. The predicted molar refractivity (Wildman–Crippen MR) is 110 cm³/mol. The van der Waals surface area contributed by atoms with Gasteiger partial charge in [-0.15, -0.1) is 0 Å². The number of halogens is 1. The average molecular weight is 404 g/mol. The van der Waals surface area contributed by atoms with Crippen LogP contribution in [0, 0.1) is 6.92 Å². The van der Waals surface area contributed by atoms with Crippen LogP contribution in [-0.4, -0.2) is 29.5 Å². The fraction of sp³-hybridized carbons (Fsp3) is 0.0500. The van der Waals surface area contributed by atoms with Crippen LogP contribution >= 0.6 is 11.6 Å². The third-order valence-corrected chi connectivity index (χ3v) is 4.61. The molecule has 0 saturated heterocycles. The number of aryl methyl sites for hydroxylation is 1. The van der Waals surface area contributed by atoms with E-state index in [2.05, 4.69) is 30.4 Å². The Morgan fingerprint density at radius 2 is 1.93 bits per heavy atom. The SMILES string of the molecule is Cc1cc(Nc2ncnc3cnc(Cl)cc23)ccc1Oc1ccn2ncnc2c1. The molecule has 9 heteroatoms. The van der Waals surface area contributed by atoms with E-state index in [4.69, 9.17) is 16.3 Å². The summed E-state index contributed by atoms with van der Waals surface area (Å²) in [4.78, 5) is 16.8. The number of pyridine rings is 2. The van der Waals surface area contributed by atoms with Crippen LogP contribution in [0.5, 0.6) is 11.5 Å². The lowest BCUT2D eigenvalue weighted by Crippen LogP contribution is -1.97. The number of anilines is 2. The van der Waals surface area contributed by atoms with E-state index in [1.165, 1.54) is 12.7 Å². The highest BCUT2D eigenvalue weighted by atomic mass is 35.5. The van der Waals surface area contributed by atoms with Gasteiger partial charge >= 0.3 is 0 Å². The summed E-state index contributed by atoms with van der Waals surface area (Å²) in [5.74, 6) is 2.10. The molecule has 0 aliphatic rings. The van der Waals surface area contributed by atoms with Crippen LogP contribution in [0.4, 0.5) is 11.5 Å². The van der Waals surface area contributed by atoms with Crippen LogP contribution < -0.4 is 10.1 Å². The Bertz CT molecular complexity index is 1350. The Balaban J connectivity index is 1.42. The van der Waals surface area contributed by atoms with E-state index in [9.17, 15) is 0 Å². The standard InChI is InChI=1S/C20H14ClN7O/c1-12-6-13(27-20-15-8-18(21)22-9-16(15)23-10-25-20)2-3-17(12)29-14-4-5-28-19(7-14)24-11-26-28/h2-11H,1H3,(H,23,25,27). The Labute approximate surface area is 170 Å². The van der Waals surface area contributed by atoms with E-state index in [-0.39, 0.29) is 0 Å². The molecule has 0 bridgehead atoms. The molecule has 0 fully saturated rings. The fourth-order valence-electron chi connectivity index (χ4n) is 3.00. The first-order chi connectivity index (χ1) is 14.2. The number of rotatable bonds is 4. The Morgan fingerprint density at radius 1 is 1.00 bits per heavy atom. The van der Waals surface area contributed by atoms with Crippen molar-refractivity contribution in [2.45, 2.75) is 6.92 Å². The van der Waals surface area contributed by atoms with Crippen LogP contribution in [0.25, 0.3) is 16.6 Å². The summed E-state index contributed by atoms with van der Waals surface area (Å²) >= 11 is 6.02. The summed E-state index contributed by atoms with van der Waals surface area (Å²) in [6.07, 6.45) is 6.43. The minimum Gasteiger partial charge on any atom is -0.457 e. The fourth-order valence-corrected chi connectivity index (χ4v) is 3.16. The van der Waals surface area contributed by atoms with Gasteiger partial charge in [0.2, 0.25) is 0 Å². The number of fused-ring (bicyclic) bond motifs is 2. The molecule has 1 N–H and O–H groups in total. The Hall–Kier alpha value is -3.78.